The Bertz CT molecular complexity index is 2550. The smallest absolute Gasteiger partial charge is 0.138 e. The summed E-state index contributed by atoms with van der Waals surface area (Å²) in [6, 6.07) is 66.6. The molecule has 0 bridgehead atoms. The van der Waals surface area contributed by atoms with Crippen LogP contribution in [0.1, 0.15) is 0 Å². The van der Waals surface area contributed by atoms with Crippen LogP contribution in [0.25, 0.3) is 60.6 Å². The molecule has 3 heteroatoms. The summed E-state index contributed by atoms with van der Waals surface area (Å²) < 4.78 is 2.38. The molecule has 9 aromatic rings. The fourth-order valence-electron chi connectivity index (χ4n) is 6.96. The second kappa shape index (κ2) is 11.7. The lowest BCUT2D eigenvalue weighted by Crippen LogP contribution is -2.11. The predicted molar refractivity (Wildman–Crippen MR) is 202 cm³/mol. The van der Waals surface area contributed by atoms with Crippen LogP contribution in [0.5, 0.6) is 0 Å². The number of anilines is 3. The maximum absolute atomic E-state index is 5.33. The van der Waals surface area contributed by atoms with E-state index in [4.69, 9.17) is 4.98 Å². The normalized spacial score (nSPS) is 11.3. The van der Waals surface area contributed by atoms with E-state index >= 15 is 0 Å². The SMILES string of the molecule is c1ccc(-c2cccc3c2c2cc(-c4cccc(N(c5ccccc5)c5ccc6ccccc6c5)n4)ccc2n3-c2ccccc2)cc1. The maximum Gasteiger partial charge on any atom is 0.138 e. The molecule has 9 rings (SSSR count). The molecule has 0 saturated heterocycles. The van der Waals surface area contributed by atoms with Crippen LogP contribution in [0.15, 0.2) is 188 Å². The lowest BCUT2D eigenvalue weighted by molar-refractivity contribution is 1.18. The van der Waals surface area contributed by atoms with Crippen LogP contribution in [-0.4, -0.2) is 9.55 Å². The van der Waals surface area contributed by atoms with Gasteiger partial charge in [0.15, 0.2) is 0 Å². The van der Waals surface area contributed by atoms with Gasteiger partial charge in [0.25, 0.3) is 0 Å². The Labute approximate surface area is 279 Å². The summed E-state index contributed by atoms with van der Waals surface area (Å²) in [6.45, 7) is 0. The molecule has 0 N–H and O–H groups in total. The van der Waals surface area contributed by atoms with Gasteiger partial charge in [0.2, 0.25) is 0 Å². The number of benzene rings is 7. The second-order valence-corrected chi connectivity index (χ2v) is 12.1. The number of hydrogen-bond acceptors (Lipinski definition) is 2. The van der Waals surface area contributed by atoms with E-state index in [9.17, 15) is 0 Å². The molecule has 2 heterocycles. The van der Waals surface area contributed by atoms with Gasteiger partial charge >= 0.3 is 0 Å². The van der Waals surface area contributed by atoms with E-state index in [1.54, 1.807) is 0 Å². The molecule has 226 valence electrons. The lowest BCUT2D eigenvalue weighted by atomic mass is 9.98. The maximum atomic E-state index is 5.33. The zero-order valence-corrected chi connectivity index (χ0v) is 26.2. The van der Waals surface area contributed by atoms with Gasteiger partial charge in [-0.3, -0.25) is 4.90 Å². The van der Waals surface area contributed by atoms with Crippen LogP contribution in [0, 0.1) is 0 Å². The number of pyridine rings is 1. The van der Waals surface area contributed by atoms with Crippen molar-refractivity contribution in [3.8, 4) is 28.1 Å². The van der Waals surface area contributed by atoms with Crippen molar-refractivity contribution in [3.63, 3.8) is 0 Å². The molecule has 0 fully saturated rings. The Hall–Kier alpha value is -6.45. The van der Waals surface area contributed by atoms with Crippen molar-refractivity contribution >= 4 is 49.8 Å². The first-order valence-electron chi connectivity index (χ1n) is 16.3. The molecule has 7 aromatic carbocycles. The lowest BCUT2D eigenvalue weighted by Gasteiger charge is -2.25. The monoisotopic (exact) mass is 613 g/mol. The molecule has 0 spiro atoms. The van der Waals surface area contributed by atoms with Crippen molar-refractivity contribution in [2.45, 2.75) is 0 Å². The molecule has 3 nitrogen and oxygen atoms in total. The molecule has 0 aliphatic heterocycles. The molecular weight excluding hydrogens is 583 g/mol. The van der Waals surface area contributed by atoms with E-state index < -0.39 is 0 Å². The molecule has 48 heavy (non-hydrogen) atoms. The third kappa shape index (κ3) is 4.81. The number of aromatic nitrogens is 2. The Morgan fingerprint density at radius 1 is 0.438 bits per heavy atom. The minimum absolute atomic E-state index is 0.866. The number of rotatable bonds is 6. The summed E-state index contributed by atoms with van der Waals surface area (Å²) >= 11 is 0. The molecule has 2 aromatic heterocycles. The van der Waals surface area contributed by atoms with Crippen molar-refractivity contribution < 1.29 is 0 Å². The molecule has 0 saturated carbocycles. The Kier molecular flexibility index (Phi) is 6.80. The second-order valence-electron chi connectivity index (χ2n) is 12.1. The van der Waals surface area contributed by atoms with E-state index in [1.807, 2.05) is 0 Å². The highest BCUT2D eigenvalue weighted by Gasteiger charge is 2.19. The third-order valence-corrected chi connectivity index (χ3v) is 9.15. The zero-order valence-electron chi connectivity index (χ0n) is 26.2. The van der Waals surface area contributed by atoms with E-state index in [-0.39, 0.29) is 0 Å². The molecule has 0 aliphatic carbocycles. The first kappa shape index (κ1) is 27.8. The Balaban J connectivity index is 1.24. The van der Waals surface area contributed by atoms with Crippen molar-refractivity contribution in [2.24, 2.45) is 0 Å². The van der Waals surface area contributed by atoms with E-state index in [0.717, 1.165) is 34.1 Å². The quantitative estimate of drug-likeness (QED) is 0.186. The Morgan fingerprint density at radius 3 is 1.96 bits per heavy atom. The van der Waals surface area contributed by atoms with Gasteiger partial charge in [-0.25, -0.2) is 4.98 Å². The average molecular weight is 614 g/mol. The summed E-state index contributed by atoms with van der Waals surface area (Å²) in [5, 5.41) is 4.85. The summed E-state index contributed by atoms with van der Waals surface area (Å²) in [6.07, 6.45) is 0. The summed E-state index contributed by atoms with van der Waals surface area (Å²) in [5.41, 5.74) is 10.0. The topological polar surface area (TPSA) is 21.1 Å². The first-order chi connectivity index (χ1) is 23.8. The molecule has 0 aliphatic rings. The molecule has 0 unspecified atom stereocenters. The molecule has 0 atom stereocenters. The fourth-order valence-corrected chi connectivity index (χ4v) is 6.96. The van der Waals surface area contributed by atoms with Crippen LogP contribution in [0.3, 0.4) is 0 Å². The average Bonchev–Trinajstić information content (AvgIpc) is 3.50. The number of nitrogens with zero attached hydrogens (tertiary/aromatic N) is 3. The molecule has 0 amide bonds. The summed E-state index contributed by atoms with van der Waals surface area (Å²) in [5.74, 6) is 0.866. The number of para-hydroxylation sites is 2. The van der Waals surface area contributed by atoms with Crippen molar-refractivity contribution in [2.75, 3.05) is 4.90 Å². The van der Waals surface area contributed by atoms with E-state index in [1.165, 1.54) is 43.7 Å². The first-order valence-corrected chi connectivity index (χ1v) is 16.3. The van der Waals surface area contributed by atoms with Gasteiger partial charge < -0.3 is 4.57 Å². The van der Waals surface area contributed by atoms with Crippen molar-refractivity contribution in [3.05, 3.63) is 188 Å². The standard InChI is InChI=1S/C45H31N3/c1-4-15-33(16-5-1)39-22-12-24-43-45(39)40-31-35(27-29-42(40)48(43)37-20-8-3-9-21-37)41-23-13-25-44(46-41)47(36-18-6-2-7-19-36)38-28-26-32-14-10-11-17-34(32)30-38/h1-31H. The van der Waals surface area contributed by atoms with Gasteiger partial charge in [-0.15, -0.1) is 0 Å². The van der Waals surface area contributed by atoms with Crippen LogP contribution in [-0.2, 0) is 0 Å². The molecular formula is C45H31N3. The minimum Gasteiger partial charge on any atom is -0.309 e. The summed E-state index contributed by atoms with van der Waals surface area (Å²) in [7, 11) is 0. The predicted octanol–water partition coefficient (Wildman–Crippen LogP) is 12.1. The molecule has 0 radical (unpaired) electrons. The van der Waals surface area contributed by atoms with Gasteiger partial charge in [0.05, 0.1) is 16.7 Å². The highest BCUT2D eigenvalue weighted by atomic mass is 15.2. The van der Waals surface area contributed by atoms with Gasteiger partial charge in [0.1, 0.15) is 5.82 Å². The van der Waals surface area contributed by atoms with Crippen LogP contribution in [0.4, 0.5) is 17.2 Å². The largest absolute Gasteiger partial charge is 0.309 e. The van der Waals surface area contributed by atoms with Gasteiger partial charge in [-0.05, 0) is 88.6 Å². The van der Waals surface area contributed by atoms with Crippen molar-refractivity contribution in [1.82, 2.24) is 9.55 Å². The van der Waals surface area contributed by atoms with Gasteiger partial charge in [-0.1, -0.05) is 121 Å². The highest BCUT2D eigenvalue weighted by Crippen LogP contribution is 2.41. The fraction of sp³-hybridized carbons (Fsp3) is 0. The van der Waals surface area contributed by atoms with E-state index in [2.05, 4.69) is 198 Å². The van der Waals surface area contributed by atoms with Crippen LogP contribution in [0.2, 0.25) is 0 Å². The van der Waals surface area contributed by atoms with Gasteiger partial charge in [0, 0.05) is 33.4 Å². The highest BCUT2D eigenvalue weighted by molar-refractivity contribution is 6.16. The number of hydrogen-bond donors (Lipinski definition) is 0. The van der Waals surface area contributed by atoms with Crippen LogP contribution < -0.4 is 4.90 Å². The Morgan fingerprint density at radius 2 is 1.15 bits per heavy atom. The summed E-state index contributed by atoms with van der Waals surface area (Å²) in [4.78, 5) is 7.57. The van der Waals surface area contributed by atoms with Crippen molar-refractivity contribution in [1.29, 1.82) is 0 Å². The minimum atomic E-state index is 0.866. The number of fused-ring (bicyclic) bond motifs is 4. The third-order valence-electron chi connectivity index (χ3n) is 9.15. The van der Waals surface area contributed by atoms with Crippen LogP contribution >= 0.6 is 0 Å². The zero-order chi connectivity index (χ0) is 31.9. The van der Waals surface area contributed by atoms with E-state index in [0.29, 0.717) is 0 Å². The van der Waals surface area contributed by atoms with Gasteiger partial charge in [-0.2, -0.15) is 0 Å².